The summed E-state index contributed by atoms with van der Waals surface area (Å²) in [4.78, 5) is 21.1. The Bertz CT molecular complexity index is 383. The molecule has 0 aromatic heterocycles. The van der Waals surface area contributed by atoms with Crippen LogP contribution in [0.4, 0.5) is 5.69 Å². The molecule has 0 fully saturated rings. The maximum atomic E-state index is 10.6. The van der Waals surface area contributed by atoms with Crippen LogP contribution in [-0.4, -0.2) is 22.2 Å². The van der Waals surface area contributed by atoms with Gasteiger partial charge in [-0.15, -0.1) is 0 Å². The third kappa shape index (κ3) is 3.07. The number of aromatic carboxylic acids is 2. The predicted molar refractivity (Wildman–Crippen MR) is 45.9 cm³/mol. The molecule has 0 saturated carbocycles. The van der Waals surface area contributed by atoms with Gasteiger partial charge in [0.05, 0.1) is 11.1 Å². The number of hydrogen-bond acceptors (Lipinski definition) is 3. The molecule has 0 aliphatic carbocycles. The van der Waals surface area contributed by atoms with Crippen LogP contribution in [0.2, 0.25) is 0 Å². The van der Waals surface area contributed by atoms with E-state index in [9.17, 15) is 9.59 Å². The third-order valence-corrected chi connectivity index (χ3v) is 1.50. The fourth-order valence-electron chi connectivity index (χ4n) is 0.925. The number of carboxylic acids is 2. The summed E-state index contributed by atoms with van der Waals surface area (Å²) in [6.45, 7) is 0. The molecule has 1 rings (SSSR count). The Hall–Kier alpha value is -0.404. The minimum Gasteiger partial charge on any atom is -1.00 e. The van der Waals surface area contributed by atoms with Gasteiger partial charge in [0.25, 0.3) is 0 Å². The van der Waals surface area contributed by atoms with Gasteiger partial charge in [0.2, 0.25) is 0 Å². The molecule has 6 heteroatoms. The number of anilines is 1. The Kier molecular flexibility index (Phi) is 5.31. The zero-order chi connectivity index (χ0) is 10.0. The number of nitrogens with two attached hydrogens (primary N) is 1. The predicted octanol–water partition coefficient (Wildman–Crippen LogP) is -2.22. The molecule has 0 saturated heterocycles. The molecule has 1 aromatic carbocycles. The van der Waals surface area contributed by atoms with Crippen molar-refractivity contribution < 1.29 is 72.6 Å². The van der Waals surface area contributed by atoms with E-state index in [1.165, 1.54) is 12.1 Å². The molecule has 70 valence electrons. The van der Waals surface area contributed by atoms with Crippen molar-refractivity contribution in [2.75, 3.05) is 5.73 Å². The number of nitrogen functional groups attached to an aromatic ring is 1. The van der Waals surface area contributed by atoms with E-state index < -0.39 is 11.9 Å². The number of carbonyl (C=O) groups is 2. The number of carboxylic acid groups (broad SMARTS) is 2. The third-order valence-electron chi connectivity index (χ3n) is 1.50. The van der Waals surface area contributed by atoms with Crippen LogP contribution in [0.1, 0.15) is 22.1 Å². The van der Waals surface area contributed by atoms with Crippen LogP contribution in [0.3, 0.4) is 0 Å². The molecule has 0 bridgehead atoms. The van der Waals surface area contributed by atoms with Gasteiger partial charge in [-0.25, -0.2) is 9.59 Å². The molecule has 0 radical (unpaired) electrons. The molecule has 14 heavy (non-hydrogen) atoms. The Morgan fingerprint density at radius 2 is 1.64 bits per heavy atom. The first-order valence-corrected chi connectivity index (χ1v) is 3.38. The first-order chi connectivity index (χ1) is 6.02. The standard InChI is InChI=1S/C8H7NO4.K.H/c9-4-1-2-5(7(10)11)6(3-4)8(12)13;;/h1-3H,9H2,(H,10,11)(H,12,13);;/q;+1;-1. The molecule has 0 heterocycles. The first-order valence-electron chi connectivity index (χ1n) is 3.38. The van der Waals surface area contributed by atoms with Crippen LogP contribution in [0.5, 0.6) is 0 Å². The Morgan fingerprint density at radius 1 is 1.14 bits per heavy atom. The van der Waals surface area contributed by atoms with Gasteiger partial charge in [0, 0.05) is 5.69 Å². The maximum Gasteiger partial charge on any atom is 1.00 e. The molecule has 0 unspecified atom stereocenters. The Balaban J connectivity index is 0. The number of rotatable bonds is 2. The molecule has 4 N–H and O–H groups in total. The molecule has 1 aromatic rings. The van der Waals surface area contributed by atoms with Crippen molar-refractivity contribution in [2.24, 2.45) is 0 Å². The van der Waals surface area contributed by atoms with Crippen LogP contribution in [0.15, 0.2) is 18.2 Å². The summed E-state index contributed by atoms with van der Waals surface area (Å²) in [5.41, 5.74) is 4.97. The fourth-order valence-corrected chi connectivity index (χ4v) is 0.925. The van der Waals surface area contributed by atoms with Crippen molar-refractivity contribution in [3.63, 3.8) is 0 Å². The van der Waals surface area contributed by atoms with Gasteiger partial charge < -0.3 is 17.4 Å². The summed E-state index contributed by atoms with van der Waals surface area (Å²) < 4.78 is 0. The van der Waals surface area contributed by atoms with Crippen LogP contribution >= 0.6 is 0 Å². The second-order valence-corrected chi connectivity index (χ2v) is 2.42. The SMILES string of the molecule is Nc1ccc(C(=O)O)c(C(=O)O)c1.[H-].[K+]. The topological polar surface area (TPSA) is 101 Å². The van der Waals surface area contributed by atoms with Gasteiger partial charge in [0.1, 0.15) is 0 Å². The van der Waals surface area contributed by atoms with Crippen LogP contribution < -0.4 is 57.1 Å². The second kappa shape index (κ2) is 5.47. The second-order valence-electron chi connectivity index (χ2n) is 2.42. The summed E-state index contributed by atoms with van der Waals surface area (Å²) in [5, 5.41) is 17.2. The van der Waals surface area contributed by atoms with Gasteiger partial charge in [0.15, 0.2) is 0 Å². The van der Waals surface area contributed by atoms with Gasteiger partial charge in [-0.2, -0.15) is 0 Å². The van der Waals surface area contributed by atoms with E-state index in [4.69, 9.17) is 15.9 Å². The van der Waals surface area contributed by atoms with Gasteiger partial charge in [-0.3, -0.25) is 0 Å². The monoisotopic (exact) mass is 221 g/mol. The molecule has 0 spiro atoms. The van der Waals surface area contributed by atoms with Crippen molar-refractivity contribution in [3.8, 4) is 0 Å². The molecule has 0 aliphatic rings. The van der Waals surface area contributed by atoms with E-state index in [0.717, 1.165) is 6.07 Å². The minimum absolute atomic E-state index is 0. The van der Waals surface area contributed by atoms with Crippen LogP contribution in [0, 0.1) is 0 Å². The zero-order valence-electron chi connectivity index (χ0n) is 8.52. The van der Waals surface area contributed by atoms with E-state index in [2.05, 4.69) is 0 Å². The molecular weight excluding hydrogens is 213 g/mol. The van der Waals surface area contributed by atoms with Crippen molar-refractivity contribution in [2.45, 2.75) is 0 Å². The molecule has 0 aliphatic heterocycles. The molecular formula is C8H8KNO4. The summed E-state index contributed by atoms with van der Waals surface area (Å²) in [6, 6.07) is 3.63. The number of benzene rings is 1. The molecule has 5 nitrogen and oxygen atoms in total. The summed E-state index contributed by atoms with van der Waals surface area (Å²) in [5.74, 6) is -2.58. The Morgan fingerprint density at radius 3 is 2.07 bits per heavy atom. The first kappa shape index (κ1) is 13.6. The largest absolute Gasteiger partial charge is 1.00 e. The Labute approximate surface area is 124 Å². The van der Waals surface area contributed by atoms with Crippen LogP contribution in [0.25, 0.3) is 0 Å². The van der Waals surface area contributed by atoms with Crippen molar-refractivity contribution >= 4 is 17.6 Å². The average Bonchev–Trinajstić information content (AvgIpc) is 2.03. The molecule has 0 amide bonds. The normalized spacial score (nSPS) is 8.86. The average molecular weight is 221 g/mol. The van der Waals surface area contributed by atoms with E-state index in [1.54, 1.807) is 0 Å². The zero-order valence-corrected chi connectivity index (χ0v) is 10.6. The molecule has 0 atom stereocenters. The van der Waals surface area contributed by atoms with Crippen molar-refractivity contribution in [3.05, 3.63) is 29.3 Å². The van der Waals surface area contributed by atoms with Crippen molar-refractivity contribution in [1.82, 2.24) is 0 Å². The summed E-state index contributed by atoms with van der Waals surface area (Å²) in [6.07, 6.45) is 0. The quantitative estimate of drug-likeness (QED) is 0.388. The fraction of sp³-hybridized carbons (Fsp3) is 0. The van der Waals surface area contributed by atoms with Crippen LogP contribution in [-0.2, 0) is 0 Å². The maximum absolute atomic E-state index is 10.6. The van der Waals surface area contributed by atoms with Crippen molar-refractivity contribution in [1.29, 1.82) is 0 Å². The van der Waals surface area contributed by atoms with Gasteiger partial charge in [-0.1, -0.05) is 0 Å². The van der Waals surface area contributed by atoms with E-state index in [0.29, 0.717) is 0 Å². The number of hydrogen-bond donors (Lipinski definition) is 3. The van der Waals surface area contributed by atoms with E-state index in [-0.39, 0.29) is 69.6 Å². The summed E-state index contributed by atoms with van der Waals surface area (Å²) >= 11 is 0. The van der Waals surface area contributed by atoms with E-state index in [1.807, 2.05) is 0 Å². The summed E-state index contributed by atoms with van der Waals surface area (Å²) in [7, 11) is 0. The smallest absolute Gasteiger partial charge is 1.00 e. The van der Waals surface area contributed by atoms with Gasteiger partial charge >= 0.3 is 63.3 Å². The van der Waals surface area contributed by atoms with Gasteiger partial charge in [-0.05, 0) is 18.2 Å². The minimum atomic E-state index is -1.30. The van der Waals surface area contributed by atoms with E-state index >= 15 is 0 Å².